The summed E-state index contributed by atoms with van der Waals surface area (Å²) < 4.78 is 5.31. The zero-order valence-corrected chi connectivity index (χ0v) is 27.3. The van der Waals surface area contributed by atoms with E-state index >= 15 is 0 Å². The molecule has 2 aromatic carbocycles. The van der Waals surface area contributed by atoms with Gasteiger partial charge in [-0.15, -0.1) is 0 Å². The van der Waals surface area contributed by atoms with E-state index in [0.29, 0.717) is 11.1 Å². The third kappa shape index (κ3) is 6.17. The Morgan fingerprint density at radius 3 is 1.88 bits per heavy atom. The summed E-state index contributed by atoms with van der Waals surface area (Å²) in [7, 11) is 0. The van der Waals surface area contributed by atoms with Crippen molar-refractivity contribution < 1.29 is 9.90 Å². The van der Waals surface area contributed by atoms with Crippen molar-refractivity contribution in [1.29, 1.82) is 0 Å². The van der Waals surface area contributed by atoms with Crippen LogP contribution in [0.15, 0.2) is 134 Å². The van der Waals surface area contributed by atoms with Crippen LogP contribution in [-0.4, -0.2) is 44.8 Å². The van der Waals surface area contributed by atoms with Gasteiger partial charge in [-0.3, -0.25) is 0 Å². The first-order valence-corrected chi connectivity index (χ1v) is 17.0. The molecule has 2 aliphatic heterocycles. The van der Waals surface area contributed by atoms with Crippen molar-refractivity contribution in [2.45, 2.75) is 41.5 Å². The summed E-state index contributed by atoms with van der Waals surface area (Å²) in [4.78, 5) is 13.4. The monoisotopic (exact) mass is 659 g/mol. The van der Waals surface area contributed by atoms with E-state index in [0.717, 1.165) is 11.1 Å². The van der Waals surface area contributed by atoms with Gasteiger partial charge < -0.3 is 0 Å². The number of allylic oxidation sites excluding steroid dienone is 12. The fourth-order valence-corrected chi connectivity index (χ4v) is 9.46. The number of hydrogen-bond acceptors (Lipinski definition) is 2. The second-order valence-electron chi connectivity index (χ2n) is 12.3. The van der Waals surface area contributed by atoms with Crippen LogP contribution in [0.1, 0.15) is 52.7 Å². The van der Waals surface area contributed by atoms with Crippen molar-refractivity contribution in [3.63, 3.8) is 0 Å². The van der Waals surface area contributed by atoms with Crippen LogP contribution in [0.5, 0.6) is 0 Å². The van der Waals surface area contributed by atoms with Gasteiger partial charge >= 0.3 is 252 Å². The molecule has 2 aromatic rings. The van der Waals surface area contributed by atoms with E-state index in [-0.39, 0.29) is 51.8 Å². The van der Waals surface area contributed by atoms with Gasteiger partial charge in [0.15, 0.2) is 0 Å². The summed E-state index contributed by atoms with van der Waals surface area (Å²) in [5.74, 6) is -0.0247. The standard InChI is InChI=1S/C36H35O2Se2/c1-35(2,3)31-21-23(19-29(39-31)25-13-9-7-10-14-25)17-27-33(37)28(34(27)38)18-24-20-30(26-15-11-8-12-16-26)40-32(22-24)36(4,5)6/h7-22,37H,1-6H3. The molecule has 0 bridgehead atoms. The van der Waals surface area contributed by atoms with Crippen LogP contribution in [0.4, 0.5) is 0 Å². The Bertz CT molecular complexity index is 1610. The minimum absolute atomic E-state index is 0.0253. The minimum atomic E-state index is -0.106. The Balaban J connectivity index is 1.52. The average molecular weight is 658 g/mol. The molecule has 5 rings (SSSR count). The van der Waals surface area contributed by atoms with Gasteiger partial charge in [-0.2, -0.15) is 0 Å². The van der Waals surface area contributed by atoms with Crippen LogP contribution in [-0.2, 0) is 4.79 Å². The van der Waals surface area contributed by atoms with E-state index in [2.05, 4.69) is 114 Å². The van der Waals surface area contributed by atoms with Gasteiger partial charge in [-0.1, -0.05) is 0 Å². The zero-order valence-electron chi connectivity index (χ0n) is 23.9. The van der Waals surface area contributed by atoms with E-state index in [1.54, 1.807) is 0 Å². The molecule has 0 unspecified atom stereocenters. The second-order valence-corrected chi connectivity index (χ2v) is 16.8. The molecule has 0 saturated carbocycles. The molecule has 40 heavy (non-hydrogen) atoms. The Morgan fingerprint density at radius 2 is 1.30 bits per heavy atom. The maximum absolute atomic E-state index is 13.4. The summed E-state index contributed by atoms with van der Waals surface area (Å²) >= 11 is 0.391. The van der Waals surface area contributed by atoms with Gasteiger partial charge in [0.1, 0.15) is 0 Å². The van der Waals surface area contributed by atoms with Crippen molar-refractivity contribution in [2.24, 2.45) is 10.8 Å². The van der Waals surface area contributed by atoms with Gasteiger partial charge in [0.2, 0.25) is 0 Å². The Labute approximate surface area is 250 Å². The van der Waals surface area contributed by atoms with Crippen LogP contribution in [0.25, 0.3) is 4.47 Å². The Hall–Kier alpha value is -3.00. The summed E-state index contributed by atoms with van der Waals surface area (Å²) in [5, 5.41) is 11.1. The van der Waals surface area contributed by atoms with Crippen molar-refractivity contribution in [1.82, 2.24) is 0 Å². The molecule has 0 saturated heterocycles. The molecule has 0 atom stereocenters. The van der Waals surface area contributed by atoms with Crippen LogP contribution >= 0.6 is 0 Å². The number of aliphatic hydroxyl groups is 1. The molecule has 3 aliphatic rings. The average Bonchev–Trinajstić information content (AvgIpc) is 2.94. The fraction of sp³-hybridized carbons (Fsp3) is 0.222. The number of ketones is 1. The molecule has 1 aliphatic carbocycles. The van der Waals surface area contributed by atoms with Gasteiger partial charge in [0.25, 0.3) is 0 Å². The molecule has 2 nitrogen and oxygen atoms in total. The summed E-state index contributed by atoms with van der Waals surface area (Å²) in [6, 6.07) is 20.9. The summed E-state index contributed by atoms with van der Waals surface area (Å²) in [6.45, 7) is 13.4. The number of carbonyl (C=O) groups excluding carboxylic acids is 1. The SMILES string of the molecule is CC(C)(C)C1=CC(=CC2=C(O)C(=CC3=CC(c4ccccc4)=[Se]C(C(C)(C)C)=C3)C2=O)C=C(c2ccccc2)[Se]1. The molecule has 4 heteroatoms. The normalized spacial score (nSPS) is 20.1. The first-order chi connectivity index (χ1) is 18.9. The number of benzene rings is 2. The summed E-state index contributed by atoms with van der Waals surface area (Å²) in [5.41, 5.74) is 5.16. The molecule has 0 aromatic heterocycles. The zero-order chi connectivity index (χ0) is 28.7. The van der Waals surface area contributed by atoms with E-state index in [1.807, 2.05) is 24.3 Å². The van der Waals surface area contributed by atoms with Gasteiger partial charge in [0.05, 0.1) is 0 Å². The third-order valence-electron chi connectivity index (χ3n) is 6.85. The first-order valence-electron chi connectivity index (χ1n) is 13.5. The maximum atomic E-state index is 13.4. The van der Waals surface area contributed by atoms with Crippen LogP contribution in [0.2, 0.25) is 0 Å². The van der Waals surface area contributed by atoms with Crippen LogP contribution in [0, 0.1) is 10.8 Å². The quantitative estimate of drug-likeness (QED) is 0.270. The van der Waals surface area contributed by atoms with Crippen LogP contribution in [0.3, 0.4) is 0 Å². The molecular formula is C36H35O2Se2. The van der Waals surface area contributed by atoms with E-state index in [9.17, 15) is 9.90 Å². The Morgan fingerprint density at radius 1 is 0.700 bits per heavy atom. The number of aliphatic hydroxyl groups excluding tert-OH is 1. The number of hydrogen-bond donors (Lipinski definition) is 1. The predicted molar refractivity (Wildman–Crippen MR) is 170 cm³/mol. The van der Waals surface area contributed by atoms with Crippen LogP contribution < -0.4 is 0 Å². The molecule has 1 radical (unpaired) electrons. The van der Waals surface area contributed by atoms with E-state index in [4.69, 9.17) is 0 Å². The third-order valence-corrected chi connectivity index (χ3v) is 13.2. The molecule has 203 valence electrons. The van der Waals surface area contributed by atoms with E-state index in [1.165, 1.54) is 29.0 Å². The second kappa shape index (κ2) is 11.1. The van der Waals surface area contributed by atoms with E-state index < -0.39 is 0 Å². The molecule has 2 heterocycles. The number of rotatable bonds is 4. The van der Waals surface area contributed by atoms with Crippen molar-refractivity contribution >= 4 is 44.1 Å². The fourth-order valence-electron chi connectivity index (χ4n) is 4.48. The van der Waals surface area contributed by atoms with Crippen molar-refractivity contribution in [3.05, 3.63) is 145 Å². The van der Waals surface area contributed by atoms with Crippen molar-refractivity contribution in [3.8, 4) is 0 Å². The van der Waals surface area contributed by atoms with Gasteiger partial charge in [-0.25, -0.2) is 0 Å². The predicted octanol–water partition coefficient (Wildman–Crippen LogP) is 7.72. The number of Topliss-reactive ketones (excluding diaryl/α,β-unsaturated/α-hetero) is 1. The Kier molecular flexibility index (Phi) is 7.92. The van der Waals surface area contributed by atoms with Gasteiger partial charge in [0, 0.05) is 0 Å². The molecule has 0 amide bonds. The number of carbonyl (C=O) groups is 1. The molecular weight excluding hydrogens is 622 g/mol. The first kappa shape index (κ1) is 28.5. The topological polar surface area (TPSA) is 37.3 Å². The summed E-state index contributed by atoms with van der Waals surface area (Å²) in [6.07, 6.45) is 12.5. The molecule has 1 N–H and O–H groups in total. The van der Waals surface area contributed by atoms with Crippen molar-refractivity contribution in [2.75, 3.05) is 0 Å². The molecule has 0 spiro atoms. The van der Waals surface area contributed by atoms with Gasteiger partial charge in [-0.05, 0) is 0 Å². The molecule has 0 fully saturated rings.